The molecule has 0 radical (unpaired) electrons. The topological polar surface area (TPSA) is 58.4 Å². The van der Waals surface area contributed by atoms with Crippen LogP contribution in [0, 0.1) is 0 Å². The lowest BCUT2D eigenvalue weighted by atomic mass is 9.92. The van der Waals surface area contributed by atoms with Gasteiger partial charge < -0.3 is 16.0 Å². The fourth-order valence-corrected chi connectivity index (χ4v) is 3.96. The first-order valence-corrected chi connectivity index (χ1v) is 9.09. The smallest absolute Gasteiger partial charge is 0.241 e. The Hall–Kier alpha value is -1.39. The van der Waals surface area contributed by atoms with Gasteiger partial charge >= 0.3 is 0 Å². The fraction of sp³-hybridized carbons (Fsp3) is 0.632. The van der Waals surface area contributed by atoms with E-state index in [1.807, 2.05) is 30.3 Å². The van der Waals surface area contributed by atoms with Crippen LogP contribution in [0.25, 0.3) is 0 Å². The molecule has 1 saturated carbocycles. The Kier molecular flexibility index (Phi) is 5.68. The molecule has 1 saturated heterocycles. The minimum Gasteiger partial charge on any atom is -0.352 e. The summed E-state index contributed by atoms with van der Waals surface area (Å²) in [5.41, 5.74) is 6.96. The molecule has 3 rings (SSSR count). The summed E-state index contributed by atoms with van der Waals surface area (Å²) in [6.07, 6.45) is 8.97. The monoisotopic (exact) mass is 315 g/mol. The van der Waals surface area contributed by atoms with Crippen LogP contribution in [0.3, 0.4) is 0 Å². The zero-order chi connectivity index (χ0) is 16.1. The molecule has 23 heavy (non-hydrogen) atoms. The number of nitrogens with one attached hydrogen (secondary N) is 1. The Morgan fingerprint density at radius 2 is 1.70 bits per heavy atom. The van der Waals surface area contributed by atoms with E-state index in [-0.39, 0.29) is 11.9 Å². The number of hydrogen-bond donors (Lipinski definition) is 2. The number of benzene rings is 1. The van der Waals surface area contributed by atoms with Crippen LogP contribution < -0.4 is 11.1 Å². The molecule has 1 atom stereocenters. The van der Waals surface area contributed by atoms with Gasteiger partial charge in [0.1, 0.15) is 6.04 Å². The van der Waals surface area contributed by atoms with Crippen LogP contribution in [-0.4, -0.2) is 36.0 Å². The zero-order valence-corrected chi connectivity index (χ0v) is 13.9. The summed E-state index contributed by atoms with van der Waals surface area (Å²) in [4.78, 5) is 15.0. The molecule has 2 aliphatic rings. The van der Waals surface area contributed by atoms with E-state index < -0.39 is 6.04 Å². The maximum atomic E-state index is 12.3. The predicted octanol–water partition coefficient (Wildman–Crippen LogP) is 2.60. The van der Waals surface area contributed by atoms with E-state index in [2.05, 4.69) is 10.2 Å². The number of carbonyl (C=O) groups excluding carboxylic acids is 1. The van der Waals surface area contributed by atoms with E-state index in [4.69, 9.17) is 5.73 Å². The van der Waals surface area contributed by atoms with Gasteiger partial charge in [-0.1, -0.05) is 49.6 Å². The molecular formula is C19H29N3O. The largest absolute Gasteiger partial charge is 0.352 e. The Morgan fingerprint density at radius 1 is 1.04 bits per heavy atom. The highest BCUT2D eigenvalue weighted by Gasteiger charge is 2.27. The van der Waals surface area contributed by atoms with Gasteiger partial charge in [0.15, 0.2) is 0 Å². The van der Waals surface area contributed by atoms with Crippen molar-refractivity contribution in [2.75, 3.05) is 13.1 Å². The van der Waals surface area contributed by atoms with Crippen molar-refractivity contribution in [3.05, 3.63) is 35.9 Å². The van der Waals surface area contributed by atoms with Gasteiger partial charge in [-0.25, -0.2) is 0 Å². The van der Waals surface area contributed by atoms with Crippen LogP contribution in [0.4, 0.5) is 0 Å². The van der Waals surface area contributed by atoms with Gasteiger partial charge in [-0.15, -0.1) is 0 Å². The van der Waals surface area contributed by atoms with Crippen LogP contribution in [0.5, 0.6) is 0 Å². The van der Waals surface area contributed by atoms with Crippen molar-refractivity contribution in [2.45, 2.75) is 63.1 Å². The molecule has 0 aromatic heterocycles. The second kappa shape index (κ2) is 7.93. The van der Waals surface area contributed by atoms with E-state index in [1.165, 1.54) is 32.1 Å². The maximum absolute atomic E-state index is 12.3. The van der Waals surface area contributed by atoms with Crippen LogP contribution >= 0.6 is 0 Å². The molecule has 3 N–H and O–H groups in total. The van der Waals surface area contributed by atoms with Gasteiger partial charge in [0.05, 0.1) is 0 Å². The molecule has 1 heterocycles. The number of likely N-dealkylation sites (tertiary alicyclic amines) is 1. The molecule has 126 valence electrons. The van der Waals surface area contributed by atoms with Gasteiger partial charge in [0.25, 0.3) is 0 Å². The zero-order valence-electron chi connectivity index (χ0n) is 13.9. The number of nitrogens with zero attached hydrogens (tertiary/aromatic N) is 1. The standard InChI is InChI=1S/C19H29N3O/c20-18(15-7-3-1-4-8-15)19(23)21-16-11-13-22(14-12-16)17-9-5-2-6-10-17/h1,3-4,7-8,16-18H,2,5-6,9-14,20H2,(H,21,23). The van der Waals surface area contributed by atoms with E-state index in [1.54, 1.807) is 0 Å². The highest BCUT2D eigenvalue weighted by molar-refractivity contribution is 5.83. The second-order valence-corrected chi connectivity index (χ2v) is 7.00. The molecule has 2 fully saturated rings. The minimum absolute atomic E-state index is 0.0488. The summed E-state index contributed by atoms with van der Waals surface area (Å²) in [5.74, 6) is -0.0488. The van der Waals surface area contributed by atoms with Crippen molar-refractivity contribution in [1.82, 2.24) is 10.2 Å². The van der Waals surface area contributed by atoms with Gasteiger partial charge in [0, 0.05) is 25.2 Å². The Balaban J connectivity index is 1.45. The van der Waals surface area contributed by atoms with E-state index in [0.717, 1.165) is 37.5 Å². The molecule has 1 amide bonds. The van der Waals surface area contributed by atoms with Crippen LogP contribution in [-0.2, 0) is 4.79 Å². The summed E-state index contributed by atoms with van der Waals surface area (Å²) in [5, 5.41) is 3.15. The van der Waals surface area contributed by atoms with Gasteiger partial charge in [-0.05, 0) is 31.2 Å². The molecule has 0 spiro atoms. The van der Waals surface area contributed by atoms with Crippen molar-refractivity contribution < 1.29 is 4.79 Å². The van der Waals surface area contributed by atoms with E-state index in [0.29, 0.717) is 0 Å². The van der Waals surface area contributed by atoms with Gasteiger partial charge in [-0.3, -0.25) is 4.79 Å². The normalized spacial score (nSPS) is 22.7. The summed E-state index contributed by atoms with van der Waals surface area (Å²) in [6.45, 7) is 2.21. The summed E-state index contributed by atoms with van der Waals surface area (Å²) in [6, 6.07) is 10.1. The van der Waals surface area contributed by atoms with Crippen molar-refractivity contribution in [3.63, 3.8) is 0 Å². The van der Waals surface area contributed by atoms with Crippen LogP contribution in [0.15, 0.2) is 30.3 Å². The van der Waals surface area contributed by atoms with Gasteiger partial charge in [-0.2, -0.15) is 0 Å². The quantitative estimate of drug-likeness (QED) is 0.898. The molecule has 0 bridgehead atoms. The maximum Gasteiger partial charge on any atom is 0.241 e. The molecule has 1 aliphatic heterocycles. The lowest BCUT2D eigenvalue weighted by Crippen LogP contribution is -2.49. The fourth-order valence-electron chi connectivity index (χ4n) is 3.96. The molecule has 1 aliphatic carbocycles. The van der Waals surface area contributed by atoms with Crippen molar-refractivity contribution >= 4 is 5.91 Å². The Morgan fingerprint density at radius 3 is 2.35 bits per heavy atom. The Labute approximate surface area is 139 Å². The third kappa shape index (κ3) is 4.33. The first-order valence-electron chi connectivity index (χ1n) is 9.09. The van der Waals surface area contributed by atoms with Crippen molar-refractivity contribution in [3.8, 4) is 0 Å². The van der Waals surface area contributed by atoms with E-state index in [9.17, 15) is 4.79 Å². The van der Waals surface area contributed by atoms with Crippen LogP contribution in [0.2, 0.25) is 0 Å². The summed E-state index contributed by atoms with van der Waals surface area (Å²) >= 11 is 0. The number of nitrogens with two attached hydrogens (primary N) is 1. The van der Waals surface area contributed by atoms with Crippen LogP contribution in [0.1, 0.15) is 56.6 Å². The number of rotatable bonds is 4. The average Bonchev–Trinajstić information content (AvgIpc) is 2.63. The van der Waals surface area contributed by atoms with Crippen molar-refractivity contribution in [2.24, 2.45) is 5.73 Å². The number of carbonyl (C=O) groups is 1. The molecule has 1 aromatic carbocycles. The SMILES string of the molecule is NC(C(=O)NC1CCN(C2CCCCC2)CC1)c1ccccc1. The highest BCUT2D eigenvalue weighted by atomic mass is 16.2. The lowest BCUT2D eigenvalue weighted by molar-refractivity contribution is -0.123. The molecule has 1 unspecified atom stereocenters. The van der Waals surface area contributed by atoms with Crippen molar-refractivity contribution in [1.29, 1.82) is 0 Å². The number of amides is 1. The third-order valence-electron chi connectivity index (χ3n) is 5.41. The number of hydrogen-bond acceptors (Lipinski definition) is 3. The van der Waals surface area contributed by atoms with E-state index >= 15 is 0 Å². The first-order chi connectivity index (χ1) is 11.2. The lowest BCUT2D eigenvalue weighted by Gasteiger charge is -2.39. The number of piperidine rings is 1. The summed E-state index contributed by atoms with van der Waals surface area (Å²) in [7, 11) is 0. The predicted molar refractivity (Wildman–Crippen MR) is 93.0 cm³/mol. The summed E-state index contributed by atoms with van der Waals surface area (Å²) < 4.78 is 0. The molecule has 1 aromatic rings. The molecule has 4 nitrogen and oxygen atoms in total. The average molecular weight is 315 g/mol. The van der Waals surface area contributed by atoms with Gasteiger partial charge in [0.2, 0.25) is 5.91 Å². The highest BCUT2D eigenvalue weighted by Crippen LogP contribution is 2.25. The molecular weight excluding hydrogens is 286 g/mol. The second-order valence-electron chi connectivity index (χ2n) is 7.00. The Bertz CT molecular complexity index is 491. The first kappa shape index (κ1) is 16.5. The molecule has 4 heteroatoms. The minimum atomic E-state index is -0.562. The third-order valence-corrected chi connectivity index (χ3v) is 5.41.